The topological polar surface area (TPSA) is 72.9 Å². The first kappa shape index (κ1) is 15.8. The molecule has 0 aromatic carbocycles. The fourth-order valence-electron chi connectivity index (χ4n) is 1.91. The van der Waals surface area contributed by atoms with Crippen molar-refractivity contribution in [3.63, 3.8) is 0 Å². The van der Waals surface area contributed by atoms with Crippen LogP contribution < -0.4 is 5.32 Å². The molecule has 6 nitrogen and oxygen atoms in total. The van der Waals surface area contributed by atoms with Gasteiger partial charge in [-0.05, 0) is 20.9 Å². The van der Waals surface area contributed by atoms with Gasteiger partial charge in [-0.3, -0.25) is 4.79 Å². The molecule has 2 amide bonds. The van der Waals surface area contributed by atoms with E-state index in [2.05, 4.69) is 24.1 Å². The average Bonchev–Trinajstić information content (AvgIpc) is 2.26. The van der Waals surface area contributed by atoms with Crippen molar-refractivity contribution in [3.8, 4) is 0 Å². The summed E-state index contributed by atoms with van der Waals surface area (Å²) in [6.45, 7) is 8.41. The zero-order chi connectivity index (χ0) is 14.6. The molecule has 0 radical (unpaired) electrons. The molecule has 0 aromatic rings. The Bertz CT molecular complexity index is 327. The Labute approximate surface area is 114 Å². The van der Waals surface area contributed by atoms with Crippen LogP contribution in [0, 0.1) is 11.8 Å². The van der Waals surface area contributed by atoms with Gasteiger partial charge in [0.2, 0.25) is 0 Å². The van der Waals surface area contributed by atoms with Crippen molar-refractivity contribution in [2.75, 3.05) is 33.2 Å². The van der Waals surface area contributed by atoms with Gasteiger partial charge in [-0.1, -0.05) is 6.92 Å². The molecule has 1 heterocycles. The van der Waals surface area contributed by atoms with Crippen molar-refractivity contribution in [1.29, 1.82) is 0 Å². The van der Waals surface area contributed by atoms with E-state index in [1.807, 2.05) is 7.05 Å². The number of aliphatic carboxylic acids is 1. The van der Waals surface area contributed by atoms with Crippen molar-refractivity contribution >= 4 is 12.0 Å². The van der Waals surface area contributed by atoms with Gasteiger partial charge in [-0.2, -0.15) is 0 Å². The van der Waals surface area contributed by atoms with E-state index >= 15 is 0 Å². The molecule has 0 aliphatic carbocycles. The number of hydrogen-bond donors (Lipinski definition) is 2. The highest BCUT2D eigenvalue weighted by Crippen LogP contribution is 2.23. The summed E-state index contributed by atoms with van der Waals surface area (Å²) in [7, 11) is 2.02. The van der Waals surface area contributed by atoms with Gasteiger partial charge in [0.05, 0.1) is 5.92 Å². The third-order valence-electron chi connectivity index (χ3n) is 3.92. The molecule has 1 fully saturated rings. The minimum absolute atomic E-state index is 0.0848. The number of nitrogens with one attached hydrogen (secondary N) is 1. The van der Waals surface area contributed by atoms with E-state index in [1.165, 1.54) is 0 Å². The Kier molecular flexibility index (Phi) is 5.60. The van der Waals surface area contributed by atoms with Crippen LogP contribution in [-0.2, 0) is 4.79 Å². The van der Waals surface area contributed by atoms with Crippen LogP contribution in [-0.4, -0.2) is 66.2 Å². The van der Waals surface area contributed by atoms with Gasteiger partial charge in [0.15, 0.2) is 0 Å². The molecule has 1 atom stereocenters. The van der Waals surface area contributed by atoms with Crippen LogP contribution in [0.15, 0.2) is 0 Å². The lowest BCUT2D eigenvalue weighted by Gasteiger charge is -2.41. The van der Waals surface area contributed by atoms with E-state index in [0.29, 0.717) is 25.7 Å². The van der Waals surface area contributed by atoms with Gasteiger partial charge in [-0.25, -0.2) is 4.79 Å². The normalized spacial score (nSPS) is 17.5. The number of carboxylic acid groups (broad SMARTS) is 1. The fourth-order valence-corrected chi connectivity index (χ4v) is 1.91. The predicted molar refractivity (Wildman–Crippen MR) is 73.0 cm³/mol. The molecule has 0 aromatic heterocycles. The minimum Gasteiger partial charge on any atom is -0.481 e. The van der Waals surface area contributed by atoms with Crippen molar-refractivity contribution in [2.24, 2.45) is 11.8 Å². The molecule has 0 spiro atoms. The first-order valence-corrected chi connectivity index (χ1v) is 6.78. The zero-order valence-electron chi connectivity index (χ0n) is 12.2. The van der Waals surface area contributed by atoms with Gasteiger partial charge in [0, 0.05) is 38.1 Å². The van der Waals surface area contributed by atoms with Crippen molar-refractivity contribution in [1.82, 2.24) is 15.1 Å². The van der Waals surface area contributed by atoms with E-state index < -0.39 is 5.97 Å². The molecule has 2 N–H and O–H groups in total. The number of hydrogen-bond acceptors (Lipinski definition) is 3. The van der Waals surface area contributed by atoms with Crippen LogP contribution in [0.3, 0.4) is 0 Å². The summed E-state index contributed by atoms with van der Waals surface area (Å²) in [4.78, 5) is 26.4. The molecule has 0 saturated carbocycles. The standard InChI is InChI=1S/C13H25N3O3/c1-9(2)15(4)6-5-14-13(19)16-7-11(8-16)10(3)12(17)18/h9-11H,5-8H2,1-4H3,(H,14,19)(H,17,18). The van der Waals surface area contributed by atoms with Crippen molar-refractivity contribution in [2.45, 2.75) is 26.8 Å². The second kappa shape index (κ2) is 6.75. The van der Waals surface area contributed by atoms with Gasteiger partial charge < -0.3 is 20.2 Å². The maximum atomic E-state index is 11.8. The van der Waals surface area contributed by atoms with Crippen LogP contribution in [0.2, 0.25) is 0 Å². The molecular weight excluding hydrogens is 246 g/mol. The number of nitrogens with zero attached hydrogens (tertiary/aromatic N) is 2. The summed E-state index contributed by atoms with van der Waals surface area (Å²) in [6.07, 6.45) is 0. The highest BCUT2D eigenvalue weighted by molar-refractivity contribution is 5.76. The molecule has 1 aliphatic rings. The summed E-state index contributed by atoms with van der Waals surface area (Å²) >= 11 is 0. The van der Waals surface area contributed by atoms with E-state index in [-0.39, 0.29) is 17.9 Å². The van der Waals surface area contributed by atoms with E-state index in [0.717, 1.165) is 6.54 Å². The highest BCUT2D eigenvalue weighted by Gasteiger charge is 2.36. The molecule has 19 heavy (non-hydrogen) atoms. The molecule has 1 rings (SSSR count). The summed E-state index contributed by atoms with van der Waals surface area (Å²) in [5.74, 6) is -1.08. The number of carbonyl (C=O) groups is 2. The largest absolute Gasteiger partial charge is 0.481 e. The first-order chi connectivity index (χ1) is 8.82. The molecule has 6 heteroatoms. The second-order valence-corrected chi connectivity index (χ2v) is 5.60. The SMILES string of the molecule is CC(C(=O)O)C1CN(C(=O)NCCN(C)C(C)C)C1. The number of rotatable bonds is 6. The van der Waals surface area contributed by atoms with Gasteiger partial charge in [0.25, 0.3) is 0 Å². The van der Waals surface area contributed by atoms with Crippen molar-refractivity contribution < 1.29 is 14.7 Å². The Morgan fingerprint density at radius 1 is 1.37 bits per heavy atom. The maximum absolute atomic E-state index is 11.8. The van der Waals surface area contributed by atoms with Crippen LogP contribution in [0.5, 0.6) is 0 Å². The summed E-state index contributed by atoms with van der Waals surface area (Å²) < 4.78 is 0. The Hall–Kier alpha value is -1.30. The fraction of sp³-hybridized carbons (Fsp3) is 0.846. The van der Waals surface area contributed by atoms with Gasteiger partial charge in [-0.15, -0.1) is 0 Å². The zero-order valence-corrected chi connectivity index (χ0v) is 12.2. The van der Waals surface area contributed by atoms with E-state index in [9.17, 15) is 9.59 Å². The lowest BCUT2D eigenvalue weighted by Crippen LogP contribution is -2.57. The molecule has 1 unspecified atom stereocenters. The van der Waals surface area contributed by atoms with Crippen LogP contribution in [0.25, 0.3) is 0 Å². The third-order valence-corrected chi connectivity index (χ3v) is 3.92. The first-order valence-electron chi connectivity index (χ1n) is 6.78. The van der Waals surface area contributed by atoms with E-state index in [1.54, 1.807) is 11.8 Å². The number of carboxylic acids is 1. The average molecular weight is 271 g/mol. The quantitative estimate of drug-likeness (QED) is 0.745. The summed E-state index contributed by atoms with van der Waals surface area (Å²) in [5, 5.41) is 11.7. The smallest absolute Gasteiger partial charge is 0.317 e. The minimum atomic E-state index is -0.788. The molecule has 1 aliphatic heterocycles. The Balaban J connectivity index is 2.18. The van der Waals surface area contributed by atoms with E-state index in [4.69, 9.17) is 5.11 Å². The van der Waals surface area contributed by atoms with Crippen LogP contribution in [0.4, 0.5) is 4.79 Å². The lowest BCUT2D eigenvalue weighted by molar-refractivity contribution is -0.144. The molecule has 110 valence electrons. The number of urea groups is 1. The molecule has 1 saturated heterocycles. The van der Waals surface area contributed by atoms with Crippen LogP contribution in [0.1, 0.15) is 20.8 Å². The van der Waals surface area contributed by atoms with Gasteiger partial charge >= 0.3 is 12.0 Å². The number of carbonyl (C=O) groups excluding carboxylic acids is 1. The van der Waals surface area contributed by atoms with Crippen LogP contribution >= 0.6 is 0 Å². The number of likely N-dealkylation sites (tertiary alicyclic amines) is 1. The Morgan fingerprint density at radius 3 is 2.42 bits per heavy atom. The summed E-state index contributed by atoms with van der Waals surface area (Å²) in [6, 6.07) is 0.368. The monoisotopic (exact) mass is 271 g/mol. The Morgan fingerprint density at radius 2 is 1.95 bits per heavy atom. The molecular formula is C13H25N3O3. The maximum Gasteiger partial charge on any atom is 0.317 e. The second-order valence-electron chi connectivity index (χ2n) is 5.60. The highest BCUT2D eigenvalue weighted by atomic mass is 16.4. The predicted octanol–water partition coefficient (Wildman–Crippen LogP) is 0.689. The third kappa shape index (κ3) is 4.38. The summed E-state index contributed by atoms with van der Waals surface area (Å²) in [5.41, 5.74) is 0. The van der Waals surface area contributed by atoms with Crippen molar-refractivity contribution in [3.05, 3.63) is 0 Å². The molecule has 0 bridgehead atoms. The number of amides is 2. The van der Waals surface area contributed by atoms with Gasteiger partial charge in [0.1, 0.15) is 0 Å². The lowest BCUT2D eigenvalue weighted by atomic mass is 9.87. The number of likely N-dealkylation sites (N-methyl/N-ethyl adjacent to an activating group) is 1.